The number of hydrazone groups is 1. The third-order valence-electron chi connectivity index (χ3n) is 4.22. The lowest BCUT2D eigenvalue weighted by Crippen LogP contribution is -2.18. The quantitative estimate of drug-likeness (QED) is 0.403. The molecule has 3 aromatic rings. The van der Waals surface area contributed by atoms with Crippen LogP contribution in [0.25, 0.3) is 11.3 Å². The number of rotatable bonds is 5. The van der Waals surface area contributed by atoms with Crippen molar-refractivity contribution in [2.24, 2.45) is 12.1 Å². The Labute approximate surface area is 177 Å². The average molecular weight is 452 g/mol. The molecule has 0 radical (unpaired) electrons. The van der Waals surface area contributed by atoms with E-state index in [0.29, 0.717) is 5.56 Å². The van der Waals surface area contributed by atoms with Crippen LogP contribution in [0.4, 0.5) is 13.2 Å². The first-order valence-corrected chi connectivity index (χ1v) is 9.42. The highest BCUT2D eigenvalue weighted by atomic mass is 32.1. The van der Waals surface area contributed by atoms with E-state index in [1.807, 2.05) is 0 Å². The van der Waals surface area contributed by atoms with Crippen molar-refractivity contribution in [3.8, 4) is 17.0 Å². The summed E-state index contributed by atoms with van der Waals surface area (Å²) in [6.07, 6.45) is -4.48. The molecule has 162 valence electrons. The zero-order chi connectivity index (χ0) is 22.9. The van der Waals surface area contributed by atoms with E-state index in [9.17, 15) is 27.9 Å². The number of aromatic nitrogens is 2. The van der Waals surface area contributed by atoms with Gasteiger partial charge in [0, 0.05) is 12.6 Å². The number of benzene rings is 1. The number of aromatic carboxylic acids is 1. The summed E-state index contributed by atoms with van der Waals surface area (Å²) < 4.78 is 39.6. The molecule has 8 nitrogen and oxygen atoms in total. The van der Waals surface area contributed by atoms with Gasteiger partial charge in [0.05, 0.1) is 16.2 Å². The number of nitrogens with one attached hydrogen (secondary N) is 1. The first kappa shape index (κ1) is 22.0. The summed E-state index contributed by atoms with van der Waals surface area (Å²) in [4.78, 5) is 23.2. The molecule has 3 N–H and O–H groups in total. The second-order valence-corrected chi connectivity index (χ2v) is 7.44. The van der Waals surface area contributed by atoms with Crippen LogP contribution < -0.4 is 5.43 Å². The van der Waals surface area contributed by atoms with E-state index >= 15 is 0 Å². The molecule has 3 rings (SSSR count). The maximum atomic E-state index is 12.8. The van der Waals surface area contributed by atoms with Gasteiger partial charge in [-0.05, 0) is 31.2 Å². The van der Waals surface area contributed by atoms with Gasteiger partial charge in [0.25, 0.3) is 5.91 Å². The van der Waals surface area contributed by atoms with Crippen LogP contribution in [0.5, 0.6) is 5.75 Å². The molecule has 0 atom stereocenters. The maximum Gasteiger partial charge on any atom is 0.416 e. The predicted octanol–water partition coefficient (Wildman–Crippen LogP) is 3.73. The molecular weight excluding hydrogens is 437 g/mol. The molecule has 0 unspecified atom stereocenters. The van der Waals surface area contributed by atoms with Gasteiger partial charge in [0.15, 0.2) is 11.4 Å². The lowest BCUT2D eigenvalue weighted by atomic mass is 10.1. The Hall–Kier alpha value is -3.67. The number of nitrogens with zero attached hydrogens (tertiary/aromatic N) is 3. The zero-order valence-electron chi connectivity index (χ0n) is 16.1. The molecule has 1 amide bonds. The molecule has 31 heavy (non-hydrogen) atoms. The summed E-state index contributed by atoms with van der Waals surface area (Å²) in [5.41, 5.74) is 2.07. The van der Waals surface area contributed by atoms with Gasteiger partial charge in [-0.15, -0.1) is 11.3 Å². The Bertz CT molecular complexity index is 1180. The van der Waals surface area contributed by atoms with E-state index < -0.39 is 23.6 Å². The first-order valence-electron chi connectivity index (χ1n) is 8.60. The number of carboxylic acid groups (broad SMARTS) is 1. The Morgan fingerprint density at radius 1 is 1.13 bits per heavy atom. The third kappa shape index (κ3) is 4.58. The second-order valence-electron chi connectivity index (χ2n) is 6.35. The largest absolute Gasteiger partial charge is 0.504 e. The number of aromatic hydroxyl groups is 1. The van der Waals surface area contributed by atoms with Crippen LogP contribution in [0.3, 0.4) is 0 Å². The van der Waals surface area contributed by atoms with Crippen LogP contribution in [-0.2, 0) is 13.2 Å². The number of amides is 1. The number of alkyl halides is 3. The SMILES string of the molecule is C/C(=N\NC(=O)c1ccc(C(=O)O)s1)c1nn(C)c(-c2ccc(C(F)(F)F)cc2)c1O. The summed E-state index contributed by atoms with van der Waals surface area (Å²) >= 11 is 0.776. The van der Waals surface area contributed by atoms with Gasteiger partial charge in [-0.3, -0.25) is 9.48 Å². The van der Waals surface area contributed by atoms with Crippen LogP contribution >= 0.6 is 11.3 Å². The van der Waals surface area contributed by atoms with Crippen molar-refractivity contribution in [3.63, 3.8) is 0 Å². The van der Waals surface area contributed by atoms with Crippen LogP contribution in [-0.4, -0.2) is 37.6 Å². The highest BCUT2D eigenvalue weighted by Gasteiger charge is 2.30. The Morgan fingerprint density at radius 3 is 2.29 bits per heavy atom. The summed E-state index contributed by atoms with van der Waals surface area (Å²) in [7, 11) is 1.50. The molecule has 2 aromatic heterocycles. The van der Waals surface area contributed by atoms with E-state index in [1.165, 1.54) is 42.9 Å². The van der Waals surface area contributed by atoms with Gasteiger partial charge in [0.1, 0.15) is 10.6 Å². The summed E-state index contributed by atoms with van der Waals surface area (Å²) in [6.45, 7) is 1.47. The molecular formula is C19H15F3N4O4S. The van der Waals surface area contributed by atoms with Crippen molar-refractivity contribution in [1.29, 1.82) is 0 Å². The molecule has 0 aliphatic rings. The van der Waals surface area contributed by atoms with Crippen molar-refractivity contribution in [3.05, 3.63) is 57.4 Å². The van der Waals surface area contributed by atoms with Crippen molar-refractivity contribution < 1.29 is 33.0 Å². The van der Waals surface area contributed by atoms with Crippen molar-refractivity contribution in [2.75, 3.05) is 0 Å². The fraction of sp³-hybridized carbons (Fsp3) is 0.158. The van der Waals surface area contributed by atoms with E-state index in [0.717, 1.165) is 23.5 Å². The molecule has 12 heteroatoms. The molecule has 2 heterocycles. The molecule has 0 aliphatic heterocycles. The number of carbonyl (C=O) groups excluding carboxylic acids is 1. The topological polar surface area (TPSA) is 117 Å². The molecule has 0 bridgehead atoms. The standard InChI is InChI=1S/C19H15F3N4O4S/c1-9(23-24-17(28)12-7-8-13(31-12)18(29)30)14-16(27)15(26(2)25-14)10-3-5-11(6-4-10)19(20,21)22/h3-8,27H,1-2H3,(H,24,28)(H,29,30)/b23-9+. The summed E-state index contributed by atoms with van der Waals surface area (Å²) in [5.74, 6) is -2.12. The van der Waals surface area contributed by atoms with Crippen molar-refractivity contribution in [2.45, 2.75) is 13.1 Å². The smallest absolute Gasteiger partial charge is 0.416 e. The van der Waals surface area contributed by atoms with E-state index in [-0.39, 0.29) is 32.6 Å². The van der Waals surface area contributed by atoms with E-state index in [4.69, 9.17) is 5.11 Å². The van der Waals surface area contributed by atoms with Gasteiger partial charge < -0.3 is 10.2 Å². The number of hydrogen-bond acceptors (Lipinski definition) is 6. The molecule has 0 saturated heterocycles. The van der Waals surface area contributed by atoms with Gasteiger partial charge in [-0.25, -0.2) is 10.2 Å². The Morgan fingerprint density at radius 2 is 1.74 bits per heavy atom. The van der Waals surface area contributed by atoms with Crippen LogP contribution in [0.1, 0.15) is 37.5 Å². The summed E-state index contributed by atoms with van der Waals surface area (Å²) in [5, 5.41) is 27.5. The van der Waals surface area contributed by atoms with E-state index in [2.05, 4.69) is 15.6 Å². The van der Waals surface area contributed by atoms with Crippen molar-refractivity contribution >= 4 is 28.9 Å². The molecule has 0 fully saturated rings. The minimum atomic E-state index is -4.48. The van der Waals surface area contributed by atoms with Gasteiger partial charge in [-0.1, -0.05) is 12.1 Å². The second kappa shape index (κ2) is 8.22. The number of thiophene rings is 1. The predicted molar refractivity (Wildman–Crippen MR) is 106 cm³/mol. The molecule has 1 aromatic carbocycles. The fourth-order valence-electron chi connectivity index (χ4n) is 2.71. The van der Waals surface area contributed by atoms with Crippen LogP contribution in [0.15, 0.2) is 41.5 Å². The minimum Gasteiger partial charge on any atom is -0.504 e. The molecule has 0 saturated carbocycles. The van der Waals surface area contributed by atoms with Gasteiger partial charge >= 0.3 is 12.1 Å². The first-order chi connectivity index (χ1) is 14.5. The number of carbonyl (C=O) groups is 2. The summed E-state index contributed by atoms with van der Waals surface area (Å²) in [6, 6.07) is 6.86. The fourth-order valence-corrected chi connectivity index (χ4v) is 3.45. The number of hydrogen-bond donors (Lipinski definition) is 3. The number of halogens is 3. The zero-order valence-corrected chi connectivity index (χ0v) is 16.9. The Kier molecular flexibility index (Phi) is 5.84. The van der Waals surface area contributed by atoms with Crippen molar-refractivity contribution in [1.82, 2.24) is 15.2 Å². The number of aryl methyl sites for hydroxylation is 1. The molecule has 0 aliphatic carbocycles. The molecule has 0 spiro atoms. The van der Waals surface area contributed by atoms with Gasteiger partial charge in [-0.2, -0.15) is 23.4 Å². The third-order valence-corrected chi connectivity index (χ3v) is 5.29. The van der Waals surface area contributed by atoms with Crippen LogP contribution in [0.2, 0.25) is 0 Å². The lowest BCUT2D eigenvalue weighted by molar-refractivity contribution is -0.137. The highest BCUT2D eigenvalue weighted by Crippen LogP contribution is 2.35. The minimum absolute atomic E-state index is 0.00518. The van der Waals surface area contributed by atoms with Crippen LogP contribution in [0, 0.1) is 0 Å². The number of carboxylic acids is 1. The normalized spacial score (nSPS) is 12.1. The Balaban J connectivity index is 1.83. The van der Waals surface area contributed by atoms with E-state index in [1.54, 1.807) is 0 Å². The monoisotopic (exact) mass is 452 g/mol. The highest BCUT2D eigenvalue weighted by molar-refractivity contribution is 7.15. The maximum absolute atomic E-state index is 12.8. The lowest BCUT2D eigenvalue weighted by Gasteiger charge is -2.08. The van der Waals surface area contributed by atoms with Gasteiger partial charge in [0.2, 0.25) is 0 Å². The average Bonchev–Trinajstić information content (AvgIpc) is 3.30.